The number of imidazole rings is 1. The monoisotopic (exact) mass is 190 g/mol. The Morgan fingerprint density at radius 1 is 1.43 bits per heavy atom. The Morgan fingerprint density at radius 2 is 2.14 bits per heavy atom. The fourth-order valence-electron chi connectivity index (χ4n) is 1.64. The van der Waals surface area contributed by atoms with E-state index in [9.17, 15) is 5.11 Å². The molecule has 1 atom stereocenters. The third-order valence-electron chi connectivity index (χ3n) is 2.51. The summed E-state index contributed by atoms with van der Waals surface area (Å²) in [4.78, 5) is 4.40. The largest absolute Gasteiger partial charge is 0.385 e. The van der Waals surface area contributed by atoms with Crippen molar-refractivity contribution in [2.75, 3.05) is 0 Å². The third kappa shape index (κ3) is 1.30. The molecule has 2 rings (SSSR count). The van der Waals surface area contributed by atoms with Gasteiger partial charge in [-0.25, -0.2) is 4.98 Å². The minimum Gasteiger partial charge on any atom is -0.385 e. The fourth-order valence-corrected chi connectivity index (χ4v) is 1.64. The van der Waals surface area contributed by atoms with E-state index in [1.165, 1.54) is 0 Å². The quantitative estimate of drug-likeness (QED) is 0.786. The molecule has 0 amide bonds. The van der Waals surface area contributed by atoms with Gasteiger partial charge in [-0.2, -0.15) is 0 Å². The number of rotatable bonds is 2. The number of aromatic nitrogens is 2. The topological polar surface area (TPSA) is 38.1 Å². The summed E-state index contributed by atoms with van der Waals surface area (Å²) in [6, 6.07) is 7.90. The zero-order valence-electron chi connectivity index (χ0n) is 8.44. The van der Waals surface area contributed by atoms with Crippen molar-refractivity contribution in [1.29, 1.82) is 0 Å². The maximum atomic E-state index is 9.73. The molecule has 0 saturated heterocycles. The van der Waals surface area contributed by atoms with E-state index in [1.807, 2.05) is 42.8 Å². The van der Waals surface area contributed by atoms with Gasteiger partial charge >= 0.3 is 0 Å². The van der Waals surface area contributed by atoms with Gasteiger partial charge in [-0.05, 0) is 18.6 Å². The Morgan fingerprint density at radius 3 is 2.79 bits per heavy atom. The number of aryl methyl sites for hydroxylation is 1. The number of para-hydroxylation sites is 2. The van der Waals surface area contributed by atoms with E-state index in [1.54, 1.807) is 0 Å². The Hall–Kier alpha value is -1.35. The van der Waals surface area contributed by atoms with Crippen molar-refractivity contribution in [1.82, 2.24) is 9.55 Å². The minimum absolute atomic E-state index is 0.465. The molecule has 74 valence electrons. The molecule has 1 unspecified atom stereocenters. The van der Waals surface area contributed by atoms with Crippen LogP contribution in [0.2, 0.25) is 0 Å². The van der Waals surface area contributed by atoms with Gasteiger partial charge in [0.05, 0.1) is 11.0 Å². The molecule has 3 heteroatoms. The summed E-state index contributed by atoms with van der Waals surface area (Å²) in [6.45, 7) is 1.95. The van der Waals surface area contributed by atoms with Crippen LogP contribution >= 0.6 is 0 Å². The number of hydrogen-bond donors (Lipinski definition) is 1. The Balaban J connectivity index is 2.62. The summed E-state index contributed by atoms with van der Waals surface area (Å²) >= 11 is 0. The average molecular weight is 190 g/mol. The lowest BCUT2D eigenvalue weighted by Gasteiger charge is -2.06. The smallest absolute Gasteiger partial charge is 0.138 e. The van der Waals surface area contributed by atoms with Crippen LogP contribution in [0.15, 0.2) is 24.3 Å². The van der Waals surface area contributed by atoms with Crippen molar-refractivity contribution in [2.24, 2.45) is 7.05 Å². The highest BCUT2D eigenvalue weighted by molar-refractivity contribution is 5.75. The molecule has 0 fully saturated rings. The highest BCUT2D eigenvalue weighted by Crippen LogP contribution is 2.20. The lowest BCUT2D eigenvalue weighted by atomic mass is 10.3. The predicted octanol–water partition coefficient (Wildman–Crippen LogP) is 2.02. The number of fused-ring (bicyclic) bond motifs is 1. The maximum Gasteiger partial charge on any atom is 0.138 e. The second-order valence-electron chi connectivity index (χ2n) is 3.44. The molecule has 14 heavy (non-hydrogen) atoms. The van der Waals surface area contributed by atoms with Crippen LogP contribution in [0.5, 0.6) is 0 Å². The molecule has 0 aliphatic heterocycles. The Kier molecular flexibility index (Phi) is 2.25. The Bertz CT molecular complexity index is 447. The first kappa shape index (κ1) is 9.21. The Labute approximate surface area is 83.0 Å². The number of benzene rings is 1. The van der Waals surface area contributed by atoms with Crippen molar-refractivity contribution in [3.8, 4) is 0 Å². The highest BCUT2D eigenvalue weighted by atomic mass is 16.3. The average Bonchev–Trinajstić information content (AvgIpc) is 2.56. The van der Waals surface area contributed by atoms with E-state index in [0.717, 1.165) is 16.9 Å². The summed E-state index contributed by atoms with van der Waals surface area (Å²) in [5.41, 5.74) is 2.01. The van der Waals surface area contributed by atoms with Gasteiger partial charge in [0.1, 0.15) is 11.9 Å². The molecule has 1 aromatic carbocycles. The van der Waals surface area contributed by atoms with Crippen molar-refractivity contribution in [3.05, 3.63) is 30.1 Å². The lowest BCUT2D eigenvalue weighted by Crippen LogP contribution is -2.04. The SMILES string of the molecule is CCC(O)c1nc2ccccc2n1C. The molecule has 0 aliphatic carbocycles. The minimum atomic E-state index is -0.465. The van der Waals surface area contributed by atoms with E-state index in [4.69, 9.17) is 0 Å². The van der Waals surface area contributed by atoms with Crippen LogP contribution in [0.3, 0.4) is 0 Å². The molecule has 1 N–H and O–H groups in total. The van der Waals surface area contributed by atoms with Gasteiger partial charge in [0.25, 0.3) is 0 Å². The standard InChI is InChI=1S/C11H14N2O/c1-3-10(14)11-12-8-6-4-5-7-9(8)13(11)2/h4-7,10,14H,3H2,1-2H3. The van der Waals surface area contributed by atoms with Crippen molar-refractivity contribution < 1.29 is 5.11 Å². The van der Waals surface area contributed by atoms with E-state index in [0.29, 0.717) is 6.42 Å². The van der Waals surface area contributed by atoms with Gasteiger partial charge in [-0.1, -0.05) is 19.1 Å². The van der Waals surface area contributed by atoms with Crippen LogP contribution < -0.4 is 0 Å². The summed E-state index contributed by atoms with van der Waals surface area (Å²) in [5.74, 6) is 0.744. The molecule has 1 aromatic heterocycles. The first-order chi connectivity index (χ1) is 6.74. The highest BCUT2D eigenvalue weighted by Gasteiger charge is 2.13. The van der Waals surface area contributed by atoms with Crippen LogP contribution in [-0.4, -0.2) is 14.7 Å². The van der Waals surface area contributed by atoms with E-state index < -0.39 is 6.10 Å². The molecule has 2 aromatic rings. The molecule has 0 saturated carbocycles. The van der Waals surface area contributed by atoms with Crippen molar-refractivity contribution >= 4 is 11.0 Å². The second-order valence-corrected chi connectivity index (χ2v) is 3.44. The molecule has 0 radical (unpaired) electrons. The molecule has 3 nitrogen and oxygen atoms in total. The molecule has 0 spiro atoms. The number of hydrogen-bond acceptors (Lipinski definition) is 2. The van der Waals surface area contributed by atoms with Gasteiger partial charge in [0, 0.05) is 7.05 Å². The third-order valence-corrected chi connectivity index (χ3v) is 2.51. The predicted molar refractivity (Wildman–Crippen MR) is 56.0 cm³/mol. The van der Waals surface area contributed by atoms with Crippen LogP contribution in [0.4, 0.5) is 0 Å². The van der Waals surface area contributed by atoms with Gasteiger partial charge in [0.15, 0.2) is 0 Å². The maximum absolute atomic E-state index is 9.73. The summed E-state index contributed by atoms with van der Waals surface area (Å²) < 4.78 is 1.95. The van der Waals surface area contributed by atoms with E-state index in [2.05, 4.69) is 4.98 Å². The number of nitrogens with zero attached hydrogens (tertiary/aromatic N) is 2. The van der Waals surface area contributed by atoms with Gasteiger partial charge in [-0.3, -0.25) is 0 Å². The van der Waals surface area contributed by atoms with Crippen LogP contribution in [0.25, 0.3) is 11.0 Å². The van der Waals surface area contributed by atoms with Crippen LogP contribution in [0, 0.1) is 0 Å². The number of aliphatic hydroxyl groups excluding tert-OH is 1. The normalized spacial score (nSPS) is 13.4. The lowest BCUT2D eigenvalue weighted by molar-refractivity contribution is 0.161. The molecular formula is C11H14N2O. The summed E-state index contributed by atoms with van der Waals surface area (Å²) in [7, 11) is 1.93. The van der Waals surface area contributed by atoms with Crippen LogP contribution in [-0.2, 0) is 7.05 Å². The molecule has 0 bridgehead atoms. The number of aliphatic hydroxyl groups is 1. The fraction of sp³-hybridized carbons (Fsp3) is 0.364. The molecular weight excluding hydrogens is 176 g/mol. The van der Waals surface area contributed by atoms with E-state index in [-0.39, 0.29) is 0 Å². The summed E-state index contributed by atoms with van der Waals surface area (Å²) in [5, 5.41) is 9.73. The first-order valence-corrected chi connectivity index (χ1v) is 4.83. The van der Waals surface area contributed by atoms with Crippen LogP contribution in [0.1, 0.15) is 25.3 Å². The molecule has 0 aliphatic rings. The van der Waals surface area contributed by atoms with Gasteiger partial charge in [-0.15, -0.1) is 0 Å². The van der Waals surface area contributed by atoms with Gasteiger partial charge < -0.3 is 9.67 Å². The van der Waals surface area contributed by atoms with E-state index >= 15 is 0 Å². The zero-order valence-corrected chi connectivity index (χ0v) is 8.44. The summed E-state index contributed by atoms with van der Waals surface area (Å²) in [6.07, 6.45) is 0.226. The van der Waals surface area contributed by atoms with Crippen molar-refractivity contribution in [3.63, 3.8) is 0 Å². The zero-order chi connectivity index (χ0) is 10.1. The van der Waals surface area contributed by atoms with Gasteiger partial charge in [0.2, 0.25) is 0 Å². The molecule has 1 heterocycles. The first-order valence-electron chi connectivity index (χ1n) is 4.83. The second kappa shape index (κ2) is 3.42. The van der Waals surface area contributed by atoms with Crippen molar-refractivity contribution in [2.45, 2.75) is 19.4 Å².